The van der Waals surface area contributed by atoms with Crippen molar-refractivity contribution in [1.29, 1.82) is 0 Å². The lowest BCUT2D eigenvalue weighted by molar-refractivity contribution is -0.143. The molecule has 4 atom stereocenters. The van der Waals surface area contributed by atoms with E-state index in [-0.39, 0.29) is 51.6 Å². The molecule has 2 unspecified atom stereocenters. The van der Waals surface area contributed by atoms with Gasteiger partial charge in [0.25, 0.3) is 17.2 Å². The summed E-state index contributed by atoms with van der Waals surface area (Å²) in [4.78, 5) is 32.9. The third kappa shape index (κ3) is 10.9. The van der Waals surface area contributed by atoms with Crippen molar-refractivity contribution in [2.45, 2.75) is 74.8 Å². The standard InChI is InChI=1S/C43H40ClF10N9O6S2/c1-40(2,71(4,68)69)10-9-24-5-6-25(26-7-8-29(44)34-36(26)62(20-41(47,48)49)59-39(34)63(70(66)67)19-32(65)60(3)12-11-55)35(56-24)30(15-21-13-22(45)16-23(46)14-21)57-31(64)18-61-38-33(37(58-61)43(52,53)54)27-17-28(27)42(38,50)51/h5-8,13-14,16,27-28,30H,11-12,15,17-20,55H2,1-4H3,(H,57,64)(H,66,67)/t27-,28+,30?/m0/s1. The molecule has 0 saturated heterocycles. The molecule has 1 saturated carbocycles. The molecule has 7 rings (SSSR count). The van der Waals surface area contributed by atoms with Crippen LogP contribution in [0.25, 0.3) is 22.0 Å². The topological polar surface area (TPSA) is 199 Å². The number of carbonyl (C=O) groups is 2. The van der Waals surface area contributed by atoms with Gasteiger partial charge in [-0.05, 0) is 74.4 Å². The maximum atomic E-state index is 15.6. The SMILES string of the molecule is CN(CCN)C(=O)CN(c1nn(CC(F)(F)F)c2c(-c3ccc(C#CC(C)(C)S(C)(=O)=O)nc3C(Cc3cc(F)cc(F)c3)NC(=O)Cn3nc(C(F)(F)F)c4c3C(F)(F)[C@@H]3C[C@H]43)ccc(Cl)c12)S(=O)O. The predicted octanol–water partition coefficient (Wildman–Crippen LogP) is 6.65. The largest absolute Gasteiger partial charge is 0.435 e. The fraction of sp³-hybridized carbons (Fsp3) is 0.419. The quantitative estimate of drug-likeness (QED) is 0.0580. The Balaban J connectivity index is 1.47. The normalized spacial score (nSPS) is 17.3. The third-order valence-corrected chi connectivity index (χ3v) is 14.9. The Morgan fingerprint density at radius 3 is 2.28 bits per heavy atom. The first kappa shape index (κ1) is 53.0. The van der Waals surface area contributed by atoms with E-state index in [9.17, 15) is 61.9 Å². The number of amides is 2. The number of halogens is 11. The minimum absolute atomic E-state index is 0.0322. The highest BCUT2D eigenvalue weighted by atomic mass is 35.5. The van der Waals surface area contributed by atoms with E-state index in [1.54, 1.807) is 0 Å². The van der Waals surface area contributed by atoms with Crippen molar-refractivity contribution in [3.8, 4) is 23.0 Å². The molecule has 2 aromatic carbocycles. The Morgan fingerprint density at radius 2 is 1.69 bits per heavy atom. The molecule has 28 heteroatoms. The van der Waals surface area contributed by atoms with E-state index in [2.05, 4.69) is 32.3 Å². The Morgan fingerprint density at radius 1 is 1.04 bits per heavy atom. The van der Waals surface area contributed by atoms with E-state index in [1.165, 1.54) is 33.0 Å². The van der Waals surface area contributed by atoms with Crippen molar-refractivity contribution < 1.29 is 70.7 Å². The van der Waals surface area contributed by atoms with E-state index in [1.807, 2.05) is 0 Å². The van der Waals surface area contributed by atoms with Gasteiger partial charge >= 0.3 is 12.4 Å². The summed E-state index contributed by atoms with van der Waals surface area (Å²) in [6.07, 6.45) is -10.3. The first-order chi connectivity index (χ1) is 32.8. The summed E-state index contributed by atoms with van der Waals surface area (Å²) >= 11 is 3.47. The van der Waals surface area contributed by atoms with Crippen LogP contribution in [0, 0.1) is 29.4 Å². The van der Waals surface area contributed by atoms with E-state index in [4.69, 9.17) is 17.3 Å². The maximum absolute atomic E-state index is 15.6. The van der Waals surface area contributed by atoms with Gasteiger partial charge in [-0.1, -0.05) is 23.6 Å². The van der Waals surface area contributed by atoms with Gasteiger partial charge in [0.2, 0.25) is 11.8 Å². The van der Waals surface area contributed by atoms with Gasteiger partial charge in [-0.25, -0.2) is 30.7 Å². The zero-order valence-electron chi connectivity index (χ0n) is 37.4. The summed E-state index contributed by atoms with van der Waals surface area (Å²) in [6.45, 7) is -1.70. The molecule has 5 aromatic rings. The number of aromatic nitrogens is 5. The number of likely N-dealkylation sites (N-methyl/N-ethyl adjacent to an activating group) is 1. The molecule has 1 fully saturated rings. The van der Waals surface area contributed by atoms with Crippen LogP contribution in [0.4, 0.5) is 49.7 Å². The lowest BCUT2D eigenvalue weighted by atomic mass is 9.93. The molecular weight excluding hydrogens is 1030 g/mol. The van der Waals surface area contributed by atoms with Crippen LogP contribution in [0.1, 0.15) is 66.1 Å². The molecule has 0 radical (unpaired) electrons. The second-order valence-corrected chi connectivity index (χ2v) is 21.3. The van der Waals surface area contributed by atoms with Crippen LogP contribution in [0.2, 0.25) is 5.02 Å². The van der Waals surface area contributed by atoms with Crippen molar-refractivity contribution in [2.75, 3.05) is 37.2 Å². The monoisotopic (exact) mass is 1070 g/mol. The Bertz CT molecular complexity index is 3150. The molecule has 15 nitrogen and oxygen atoms in total. The number of anilines is 1. The smallest absolute Gasteiger partial charge is 0.346 e. The number of pyridine rings is 1. The van der Waals surface area contributed by atoms with E-state index < -0.39 is 151 Å². The number of nitrogens with one attached hydrogen (secondary N) is 1. The van der Waals surface area contributed by atoms with Gasteiger partial charge in [0, 0.05) is 55.1 Å². The first-order valence-electron chi connectivity index (χ1n) is 21.0. The highest BCUT2D eigenvalue weighted by Crippen LogP contribution is 2.68. The molecule has 2 amide bonds. The second kappa shape index (κ2) is 19.0. The first-order valence-corrected chi connectivity index (χ1v) is 24.3. The van der Waals surface area contributed by atoms with Gasteiger partial charge in [-0.15, -0.1) is 0 Å². The number of hydrogen-bond donors (Lipinski definition) is 3. The summed E-state index contributed by atoms with van der Waals surface area (Å²) < 4.78 is 195. The lowest BCUT2D eigenvalue weighted by Crippen LogP contribution is -2.41. The van der Waals surface area contributed by atoms with Crippen LogP contribution in [-0.4, -0.2) is 102 Å². The molecular formula is C43H40ClF10N9O6S2. The van der Waals surface area contributed by atoms with Crippen LogP contribution < -0.4 is 15.4 Å². The number of benzene rings is 2. The number of nitrogens with two attached hydrogens (primary N) is 1. The summed E-state index contributed by atoms with van der Waals surface area (Å²) in [5.74, 6) is -6.47. The number of rotatable bonds is 15. The molecule has 2 aliphatic carbocycles. The predicted molar refractivity (Wildman–Crippen MR) is 238 cm³/mol. The van der Waals surface area contributed by atoms with Gasteiger partial charge in [0.05, 0.1) is 27.7 Å². The van der Waals surface area contributed by atoms with Crippen molar-refractivity contribution >= 4 is 61.2 Å². The molecule has 382 valence electrons. The van der Waals surface area contributed by atoms with Gasteiger partial charge in [0.15, 0.2) is 21.3 Å². The molecule has 2 aliphatic rings. The number of hydrogen-bond acceptors (Lipinski definition) is 9. The molecule has 4 N–H and O–H groups in total. The second-order valence-electron chi connectivity index (χ2n) is 17.4. The van der Waals surface area contributed by atoms with Crippen LogP contribution in [-0.2, 0) is 62.3 Å². The number of nitrogens with zero attached hydrogens (tertiary/aromatic N) is 7. The molecule has 0 spiro atoms. The van der Waals surface area contributed by atoms with Crippen LogP contribution in [0.5, 0.6) is 0 Å². The number of fused-ring (bicyclic) bond motifs is 4. The Labute approximate surface area is 405 Å². The highest BCUT2D eigenvalue weighted by Gasteiger charge is 2.68. The van der Waals surface area contributed by atoms with Gasteiger partial charge in [-0.3, -0.25) is 23.5 Å². The fourth-order valence-corrected chi connectivity index (χ4v) is 9.17. The summed E-state index contributed by atoms with van der Waals surface area (Å²) in [5.41, 5.74) is 0.0135. The van der Waals surface area contributed by atoms with E-state index in [0.717, 1.165) is 35.4 Å². The fourth-order valence-electron chi connectivity index (χ4n) is 8.20. The average Bonchev–Trinajstić information content (AvgIpc) is 3.75. The minimum atomic E-state index is -5.21. The van der Waals surface area contributed by atoms with Crippen molar-refractivity contribution in [3.05, 3.63) is 93.0 Å². The van der Waals surface area contributed by atoms with Crippen LogP contribution in [0.15, 0.2) is 42.5 Å². The van der Waals surface area contributed by atoms with Gasteiger partial charge < -0.3 is 16.0 Å². The molecule has 71 heavy (non-hydrogen) atoms. The zero-order valence-corrected chi connectivity index (χ0v) is 39.8. The van der Waals surface area contributed by atoms with Gasteiger partial charge in [0.1, 0.15) is 47.4 Å². The zero-order chi connectivity index (χ0) is 52.5. The van der Waals surface area contributed by atoms with Crippen LogP contribution >= 0.6 is 11.6 Å². The summed E-state index contributed by atoms with van der Waals surface area (Å²) in [7, 11) is -2.59. The maximum Gasteiger partial charge on any atom is 0.435 e. The Hall–Kier alpha value is -5.82. The summed E-state index contributed by atoms with van der Waals surface area (Å²) in [6, 6.07) is 5.04. The van der Waals surface area contributed by atoms with Crippen molar-refractivity contribution in [2.24, 2.45) is 11.7 Å². The number of alkyl halides is 8. The molecule has 0 bridgehead atoms. The van der Waals surface area contributed by atoms with Gasteiger partial charge in [-0.2, -0.15) is 45.3 Å². The van der Waals surface area contributed by atoms with Crippen molar-refractivity contribution in [1.82, 2.24) is 34.8 Å². The lowest BCUT2D eigenvalue weighted by Gasteiger charge is -2.23. The van der Waals surface area contributed by atoms with Crippen molar-refractivity contribution in [3.63, 3.8) is 0 Å². The number of carbonyl (C=O) groups excluding carboxylic acids is 2. The third-order valence-electron chi connectivity index (χ3n) is 11.9. The molecule has 3 heterocycles. The highest BCUT2D eigenvalue weighted by molar-refractivity contribution is 7.92. The van der Waals surface area contributed by atoms with E-state index >= 15 is 8.78 Å². The Kier molecular flexibility index (Phi) is 14.2. The van der Waals surface area contributed by atoms with E-state index in [0.29, 0.717) is 15.1 Å². The molecule has 0 aliphatic heterocycles. The van der Waals surface area contributed by atoms with Crippen LogP contribution in [0.3, 0.4) is 0 Å². The summed E-state index contributed by atoms with van der Waals surface area (Å²) in [5, 5.41) is 9.03. The molecule has 3 aromatic heterocycles. The minimum Gasteiger partial charge on any atom is -0.346 e. The number of sulfone groups is 1. The average molecular weight is 1070 g/mol.